The Labute approximate surface area is 785 Å². The molecule has 3 aliphatic heterocycles. The van der Waals surface area contributed by atoms with Crippen LogP contribution in [0.3, 0.4) is 0 Å². The van der Waals surface area contributed by atoms with Crippen molar-refractivity contribution in [1.29, 1.82) is 0 Å². The number of aromatic nitrogens is 6. The standard InChI is InChI=1S/C37H46N6O7.C32H36N6O4.C31H31ClFN7O2/c1-25-10-8-11-26(2)34(25)50-37(44)43(29-13-12-28(45-4)24-30(29)46-5)33-14-15-38-36(40-33)39-27-22-31(47-6)35(32(23-27)48-7)49-21-9-16-42-19-17-41(3)18-20-42;1-22-7-6-8-23(2)30(22)42-32(39)38(27-14-13-26(40-4)21-28(27)41-5)29-15-16-33-31(35-29)34-24-9-11-25(12-10-24)37-19-17-36(3)18-20-37;1-2-39-15-17-40(18-16-39)28(41)19-21-7-11-24(12-8-21)36-31-34-20-26(33)29(38-31)35-23-13-9-22(10-14-23)30(42)37-27-6-4-3-5-25(27)32/h8,10-15,22-24H,9,16-21H2,1-7H3,(H,38,39,40);6-16,21H,17-20H2,1-5H3,(H,33,34,35);3-14,20H,2,15-19H2,1H3,(H,37,42)(H2,34,35,36,38). The van der Waals surface area contributed by atoms with Crippen LogP contribution in [-0.2, 0) is 11.2 Å². The first kappa shape index (κ1) is 96.9. The molecule has 34 heteroatoms. The Morgan fingerprint density at radius 1 is 0.463 bits per heavy atom. The van der Waals surface area contributed by atoms with E-state index in [0.29, 0.717) is 121 Å². The van der Waals surface area contributed by atoms with E-state index in [2.05, 4.69) is 104 Å². The number of rotatable bonds is 31. The number of amides is 4. The number of nitrogens with one attached hydrogen (secondary N) is 5. The number of halogens is 2. The molecule has 700 valence electrons. The molecule has 134 heavy (non-hydrogen) atoms. The van der Waals surface area contributed by atoms with E-state index < -0.39 is 18.0 Å². The molecular weight excluding hydrogens is 1730 g/mol. The van der Waals surface area contributed by atoms with Crippen molar-refractivity contribution in [3.63, 3.8) is 0 Å². The van der Waals surface area contributed by atoms with Crippen molar-refractivity contribution < 1.29 is 66.2 Å². The van der Waals surface area contributed by atoms with Gasteiger partial charge in [0.05, 0.1) is 84.0 Å². The zero-order chi connectivity index (χ0) is 94.7. The Morgan fingerprint density at radius 2 is 0.933 bits per heavy atom. The summed E-state index contributed by atoms with van der Waals surface area (Å²) < 4.78 is 66.1. The van der Waals surface area contributed by atoms with Gasteiger partial charge in [-0.1, -0.05) is 79.2 Å². The molecule has 0 unspecified atom stereocenters. The maximum atomic E-state index is 14.5. The van der Waals surface area contributed by atoms with Crippen LogP contribution in [0.5, 0.6) is 51.7 Å². The first-order chi connectivity index (χ1) is 65.0. The molecule has 0 spiro atoms. The van der Waals surface area contributed by atoms with Crippen molar-refractivity contribution in [2.75, 3.05) is 196 Å². The Morgan fingerprint density at radius 3 is 1.43 bits per heavy atom. The van der Waals surface area contributed by atoms with E-state index in [0.717, 1.165) is 138 Å². The maximum Gasteiger partial charge on any atom is 0.425 e. The summed E-state index contributed by atoms with van der Waals surface area (Å²) in [5, 5.41) is 15.7. The summed E-state index contributed by atoms with van der Waals surface area (Å²) in [4.78, 5) is 96.1. The highest BCUT2D eigenvalue weighted by atomic mass is 35.5. The van der Waals surface area contributed by atoms with E-state index in [1.165, 1.54) is 29.7 Å². The number of para-hydroxylation sites is 3. The van der Waals surface area contributed by atoms with E-state index in [1.54, 1.807) is 150 Å². The Hall–Kier alpha value is -14.6. The monoisotopic (exact) mass is 1840 g/mol. The molecule has 5 N–H and O–H groups in total. The topological polar surface area (TPSA) is 315 Å². The second-order valence-corrected chi connectivity index (χ2v) is 32.3. The largest absolute Gasteiger partial charge is 0.497 e. The highest BCUT2D eigenvalue weighted by molar-refractivity contribution is 6.34. The van der Waals surface area contributed by atoms with Crippen LogP contribution in [0.4, 0.5) is 94.8 Å². The van der Waals surface area contributed by atoms with Gasteiger partial charge in [0.1, 0.15) is 46.1 Å². The van der Waals surface area contributed by atoms with Crippen LogP contribution >= 0.6 is 11.6 Å². The lowest BCUT2D eigenvalue weighted by molar-refractivity contribution is -0.132. The number of aryl methyl sites for hydroxylation is 4. The van der Waals surface area contributed by atoms with E-state index in [-0.39, 0.29) is 35.3 Å². The van der Waals surface area contributed by atoms with Crippen LogP contribution in [0.1, 0.15) is 51.5 Å². The van der Waals surface area contributed by atoms with E-state index in [9.17, 15) is 23.6 Å². The van der Waals surface area contributed by atoms with Crippen LogP contribution < -0.4 is 83.9 Å². The van der Waals surface area contributed by atoms with Gasteiger partial charge in [0.15, 0.2) is 23.1 Å². The smallest absolute Gasteiger partial charge is 0.425 e. The number of likely N-dealkylation sites (N-methyl/N-ethyl adjacent to an activating group) is 3. The van der Waals surface area contributed by atoms with Gasteiger partial charge in [0.2, 0.25) is 29.5 Å². The van der Waals surface area contributed by atoms with Gasteiger partial charge in [0.25, 0.3) is 5.91 Å². The average molecular weight is 1840 g/mol. The predicted octanol–water partition coefficient (Wildman–Crippen LogP) is 17.9. The molecule has 0 radical (unpaired) electrons. The van der Waals surface area contributed by atoms with Gasteiger partial charge < -0.3 is 98.6 Å². The van der Waals surface area contributed by atoms with Crippen LogP contribution in [0.2, 0.25) is 5.02 Å². The lowest BCUT2D eigenvalue weighted by atomic mass is 10.1. The minimum atomic E-state index is -0.687. The van der Waals surface area contributed by atoms with Crippen LogP contribution in [0, 0.1) is 33.5 Å². The second kappa shape index (κ2) is 46.9. The fraction of sp³-hybridized carbons (Fsp3) is 0.300. The minimum Gasteiger partial charge on any atom is -0.497 e. The third kappa shape index (κ3) is 25.8. The molecule has 0 aliphatic carbocycles. The number of nitrogens with zero attached hydrogens (tertiary/aromatic N) is 14. The van der Waals surface area contributed by atoms with Crippen molar-refractivity contribution in [1.82, 2.24) is 54.4 Å². The number of benzene rings is 9. The summed E-state index contributed by atoms with van der Waals surface area (Å²) in [5.74, 6) is 4.83. The first-order valence-electron chi connectivity index (χ1n) is 43.9. The maximum absolute atomic E-state index is 14.5. The summed E-state index contributed by atoms with van der Waals surface area (Å²) >= 11 is 6.12. The molecular formula is C100H113ClFN19O13. The summed E-state index contributed by atoms with van der Waals surface area (Å²) in [5.41, 5.74) is 9.83. The van der Waals surface area contributed by atoms with E-state index in [1.807, 2.05) is 105 Å². The van der Waals surface area contributed by atoms with Crippen molar-refractivity contribution in [2.24, 2.45) is 0 Å². The molecule has 12 aromatic rings. The quantitative estimate of drug-likeness (QED) is 0.0252. The third-order valence-electron chi connectivity index (χ3n) is 22.7. The number of hydrogen-bond donors (Lipinski definition) is 5. The molecule has 0 bridgehead atoms. The Bertz CT molecular complexity index is 5920. The van der Waals surface area contributed by atoms with Crippen molar-refractivity contribution >= 4 is 116 Å². The number of carbonyl (C=O) groups excluding carboxylic acids is 4. The summed E-state index contributed by atoms with van der Waals surface area (Å²) in [6, 6.07) is 57.7. The van der Waals surface area contributed by atoms with Crippen LogP contribution in [-0.4, -0.2) is 233 Å². The second-order valence-electron chi connectivity index (χ2n) is 31.9. The zero-order valence-electron chi connectivity index (χ0n) is 77.6. The molecule has 4 amide bonds. The van der Waals surface area contributed by atoms with Gasteiger partial charge in [-0.25, -0.2) is 38.7 Å². The minimum absolute atomic E-state index is 0.0221. The summed E-state index contributed by atoms with van der Waals surface area (Å²) in [6.45, 7) is 23.9. The molecule has 0 saturated carbocycles. The zero-order valence-corrected chi connectivity index (χ0v) is 78.3. The fourth-order valence-electron chi connectivity index (χ4n) is 15.1. The molecule has 15 rings (SSSR count). The Kier molecular flexibility index (Phi) is 33.9. The molecule has 9 aromatic carbocycles. The van der Waals surface area contributed by atoms with Crippen LogP contribution in [0.25, 0.3) is 0 Å². The van der Waals surface area contributed by atoms with Gasteiger partial charge in [-0.3, -0.25) is 9.59 Å². The molecule has 3 fully saturated rings. The Balaban J connectivity index is 0.000000171. The first-order valence-corrected chi connectivity index (χ1v) is 44.3. The highest BCUT2D eigenvalue weighted by Crippen LogP contribution is 2.44. The number of piperazine rings is 3. The third-order valence-corrected chi connectivity index (χ3v) is 23.1. The predicted molar refractivity (Wildman–Crippen MR) is 521 cm³/mol. The lowest BCUT2D eigenvalue weighted by Crippen LogP contribution is -2.48. The molecule has 3 aromatic heterocycles. The normalized spacial score (nSPS) is 13.4. The van der Waals surface area contributed by atoms with Gasteiger partial charge >= 0.3 is 12.2 Å². The highest BCUT2D eigenvalue weighted by Gasteiger charge is 2.31. The van der Waals surface area contributed by atoms with Crippen molar-refractivity contribution in [3.05, 3.63) is 257 Å². The summed E-state index contributed by atoms with van der Waals surface area (Å²) in [6.07, 6.45) is 4.11. The van der Waals surface area contributed by atoms with Gasteiger partial charge in [-0.05, 0) is 180 Å². The molecule has 3 saturated heterocycles. The SMILES string of the molecule is CCN1CCN(C(=O)Cc2ccc(Nc3ncc(F)c(Nc4ccc(C(=O)Nc5ccccc5Cl)cc4)n3)cc2)CC1.COc1ccc(N(C(=O)Oc2c(C)cccc2C)c2ccnc(Nc3cc(OC)c(OCCCN4CCN(C)CC4)c(OC)c3)n2)c(OC)c1.COc1ccc(N(C(=O)Oc2c(C)cccc2C)c2ccnc(Nc3ccc(N4CCN(C)CC4)cc3)n2)c(OC)c1. The van der Waals surface area contributed by atoms with Crippen LogP contribution in [0.15, 0.2) is 213 Å². The average Bonchev–Trinajstić information content (AvgIpc) is 0.790. The van der Waals surface area contributed by atoms with Gasteiger partial charge in [0, 0.05) is 168 Å². The van der Waals surface area contributed by atoms with Crippen molar-refractivity contribution in [3.8, 4) is 51.7 Å². The number of methoxy groups -OCH3 is 6. The molecule has 32 nitrogen and oxygen atoms in total. The number of anilines is 14. The number of carbonyl (C=O) groups is 4. The van der Waals surface area contributed by atoms with Gasteiger partial charge in [-0.15, -0.1) is 0 Å². The molecule has 6 heterocycles. The van der Waals surface area contributed by atoms with Crippen molar-refractivity contribution in [2.45, 2.75) is 47.5 Å². The van der Waals surface area contributed by atoms with Gasteiger partial charge in [-0.2, -0.15) is 15.0 Å². The van der Waals surface area contributed by atoms with E-state index >= 15 is 0 Å². The molecule has 0 atom stereocenters. The van der Waals surface area contributed by atoms with E-state index in [4.69, 9.17) is 64.2 Å². The summed E-state index contributed by atoms with van der Waals surface area (Å²) in [7, 11) is 13.6. The fourth-order valence-corrected chi connectivity index (χ4v) is 15.3. The number of ether oxygens (including phenoxy) is 9. The number of hydrogen-bond acceptors (Lipinski definition) is 28. The molecule has 3 aliphatic rings. The lowest BCUT2D eigenvalue weighted by Gasteiger charge is -2.34.